The minimum atomic E-state index is -4.77. The molecule has 1 aromatic carbocycles. The number of phenols is 1. The van der Waals surface area contributed by atoms with E-state index >= 15 is 0 Å². The van der Waals surface area contributed by atoms with E-state index in [2.05, 4.69) is 5.10 Å². The fourth-order valence-corrected chi connectivity index (χ4v) is 1.62. The number of hydrogen-bond acceptors (Lipinski definition) is 4. The third kappa shape index (κ3) is 2.38. The molecular weight excluding hydrogens is 275 g/mol. The van der Waals surface area contributed by atoms with Gasteiger partial charge in [-0.1, -0.05) is 0 Å². The Morgan fingerprint density at radius 1 is 1.40 bits per heavy atom. The van der Waals surface area contributed by atoms with Gasteiger partial charge in [0, 0.05) is 0 Å². The Balaban J connectivity index is 2.67. The van der Waals surface area contributed by atoms with Gasteiger partial charge in [-0.3, -0.25) is 0 Å². The summed E-state index contributed by atoms with van der Waals surface area (Å²) in [6.07, 6.45) is -2.22. The van der Waals surface area contributed by atoms with E-state index in [4.69, 9.17) is 10.00 Å². The minimum absolute atomic E-state index is 0.236. The molecule has 20 heavy (non-hydrogen) atoms. The van der Waals surface area contributed by atoms with Crippen LogP contribution < -0.4 is 4.74 Å². The van der Waals surface area contributed by atoms with Crippen LogP contribution in [0.25, 0.3) is 5.69 Å². The number of nitriles is 1. The van der Waals surface area contributed by atoms with Crippen molar-refractivity contribution in [3.8, 4) is 23.3 Å². The highest BCUT2D eigenvalue weighted by molar-refractivity contribution is 5.56. The number of aromatic nitrogens is 2. The molecule has 8 heteroatoms. The number of aromatic hydroxyl groups is 1. The highest BCUT2D eigenvalue weighted by Gasteiger charge is 2.36. The first kappa shape index (κ1) is 13.7. The molecule has 2 aromatic rings. The highest BCUT2D eigenvalue weighted by Crippen LogP contribution is 2.39. The Hall–Kier alpha value is -2.69. The molecule has 0 aliphatic heterocycles. The Labute approximate surface area is 111 Å². The molecule has 0 spiro atoms. The number of alkyl halides is 3. The topological polar surface area (TPSA) is 71.1 Å². The summed E-state index contributed by atoms with van der Waals surface area (Å²) in [5.74, 6) is -0.692. The molecule has 0 fully saturated rings. The number of halogens is 3. The molecule has 0 amide bonds. The van der Waals surface area contributed by atoms with Crippen LogP contribution in [0.5, 0.6) is 11.5 Å². The van der Waals surface area contributed by atoms with E-state index in [-0.39, 0.29) is 11.3 Å². The van der Waals surface area contributed by atoms with Crippen LogP contribution in [0, 0.1) is 11.3 Å². The van der Waals surface area contributed by atoms with Crippen LogP contribution in [-0.4, -0.2) is 22.0 Å². The number of phenolic OH excluding ortho intramolecular Hbond substituents is 1. The quantitative estimate of drug-likeness (QED) is 0.919. The number of hydrogen-bond donors (Lipinski definition) is 1. The van der Waals surface area contributed by atoms with E-state index < -0.39 is 17.5 Å². The molecule has 5 nitrogen and oxygen atoms in total. The molecule has 0 aliphatic rings. The van der Waals surface area contributed by atoms with E-state index in [0.717, 1.165) is 10.7 Å². The average Bonchev–Trinajstić information content (AvgIpc) is 2.86. The van der Waals surface area contributed by atoms with Crippen molar-refractivity contribution in [3.05, 3.63) is 35.7 Å². The van der Waals surface area contributed by atoms with Crippen LogP contribution in [0.15, 0.2) is 24.5 Å². The second kappa shape index (κ2) is 4.77. The van der Waals surface area contributed by atoms with E-state index in [0.29, 0.717) is 11.8 Å². The monoisotopic (exact) mass is 283 g/mol. The number of nitrogens with zero attached hydrogens (tertiary/aromatic N) is 3. The molecule has 0 bridgehead atoms. The minimum Gasteiger partial charge on any atom is -0.505 e. The summed E-state index contributed by atoms with van der Waals surface area (Å²) in [6, 6.07) is 3.31. The van der Waals surface area contributed by atoms with Gasteiger partial charge in [-0.05, 0) is 12.1 Å². The van der Waals surface area contributed by atoms with Crippen LogP contribution in [0.2, 0.25) is 0 Å². The van der Waals surface area contributed by atoms with Crippen molar-refractivity contribution >= 4 is 0 Å². The van der Waals surface area contributed by atoms with Crippen LogP contribution in [0.4, 0.5) is 13.2 Å². The SMILES string of the molecule is COc1cnn(-c2cc(C#N)cc(C(F)(F)F)c2O)c1. The first-order valence-corrected chi connectivity index (χ1v) is 5.30. The predicted octanol–water partition coefficient (Wildman–Crippen LogP) is 2.48. The molecule has 0 saturated heterocycles. The van der Waals surface area contributed by atoms with Crippen LogP contribution in [0.3, 0.4) is 0 Å². The molecule has 104 valence electrons. The molecule has 1 heterocycles. The number of ether oxygens (including phenoxy) is 1. The summed E-state index contributed by atoms with van der Waals surface area (Å²) in [5, 5.41) is 22.3. The lowest BCUT2D eigenvalue weighted by Gasteiger charge is -2.13. The van der Waals surface area contributed by atoms with Gasteiger partial charge >= 0.3 is 6.18 Å². The van der Waals surface area contributed by atoms with E-state index in [1.54, 1.807) is 6.07 Å². The zero-order valence-corrected chi connectivity index (χ0v) is 10.1. The Morgan fingerprint density at radius 2 is 2.10 bits per heavy atom. The third-order valence-electron chi connectivity index (χ3n) is 2.57. The second-order valence-corrected chi connectivity index (χ2v) is 3.83. The molecule has 2 rings (SSSR count). The lowest BCUT2D eigenvalue weighted by Crippen LogP contribution is -2.08. The van der Waals surface area contributed by atoms with Gasteiger partial charge in [0.05, 0.1) is 31.1 Å². The first-order chi connectivity index (χ1) is 9.36. The normalized spacial score (nSPS) is 11.2. The first-order valence-electron chi connectivity index (χ1n) is 5.30. The third-order valence-corrected chi connectivity index (χ3v) is 2.57. The fraction of sp³-hybridized carbons (Fsp3) is 0.167. The standard InChI is InChI=1S/C12H8F3N3O2/c1-20-8-5-17-18(6-8)10-3-7(4-16)2-9(11(10)19)12(13,14)15/h2-3,5-6,19H,1H3. The smallest absolute Gasteiger partial charge is 0.420 e. The second-order valence-electron chi connectivity index (χ2n) is 3.83. The maximum Gasteiger partial charge on any atom is 0.420 e. The average molecular weight is 283 g/mol. The van der Waals surface area contributed by atoms with Gasteiger partial charge in [0.25, 0.3) is 0 Å². The van der Waals surface area contributed by atoms with Crippen molar-refractivity contribution < 1.29 is 23.0 Å². The van der Waals surface area contributed by atoms with Crippen molar-refractivity contribution in [2.45, 2.75) is 6.18 Å². The summed E-state index contributed by atoms with van der Waals surface area (Å²) in [4.78, 5) is 0. The van der Waals surface area contributed by atoms with Gasteiger partial charge in [0.1, 0.15) is 11.3 Å². The largest absolute Gasteiger partial charge is 0.505 e. The lowest BCUT2D eigenvalue weighted by molar-refractivity contribution is -0.138. The molecule has 0 atom stereocenters. The number of rotatable bonds is 2. The van der Waals surface area contributed by atoms with Gasteiger partial charge in [-0.25, -0.2) is 4.68 Å². The van der Waals surface area contributed by atoms with Crippen molar-refractivity contribution in [1.82, 2.24) is 9.78 Å². The zero-order valence-electron chi connectivity index (χ0n) is 10.1. The van der Waals surface area contributed by atoms with Gasteiger partial charge in [-0.15, -0.1) is 0 Å². The van der Waals surface area contributed by atoms with Crippen molar-refractivity contribution in [2.75, 3.05) is 7.11 Å². The van der Waals surface area contributed by atoms with Crippen LogP contribution in [-0.2, 0) is 6.18 Å². The van der Waals surface area contributed by atoms with E-state index in [1.165, 1.54) is 19.5 Å². The van der Waals surface area contributed by atoms with E-state index in [1.807, 2.05) is 0 Å². The lowest BCUT2D eigenvalue weighted by atomic mass is 10.1. The summed E-state index contributed by atoms with van der Waals surface area (Å²) in [7, 11) is 1.37. The fourth-order valence-electron chi connectivity index (χ4n) is 1.62. The van der Waals surface area contributed by atoms with Crippen LogP contribution in [0.1, 0.15) is 11.1 Å². The maximum atomic E-state index is 12.8. The maximum absolute atomic E-state index is 12.8. The van der Waals surface area contributed by atoms with Gasteiger partial charge in [0.2, 0.25) is 0 Å². The predicted molar refractivity (Wildman–Crippen MR) is 61.5 cm³/mol. The van der Waals surface area contributed by atoms with Gasteiger partial charge in [-0.2, -0.15) is 23.5 Å². The Kier molecular flexibility index (Phi) is 3.28. The van der Waals surface area contributed by atoms with Crippen LogP contribution >= 0.6 is 0 Å². The number of methoxy groups -OCH3 is 1. The van der Waals surface area contributed by atoms with Gasteiger partial charge < -0.3 is 9.84 Å². The Morgan fingerprint density at radius 3 is 2.60 bits per heavy atom. The van der Waals surface area contributed by atoms with E-state index in [9.17, 15) is 18.3 Å². The highest BCUT2D eigenvalue weighted by atomic mass is 19.4. The molecule has 0 radical (unpaired) electrons. The summed E-state index contributed by atoms with van der Waals surface area (Å²) in [5.41, 5.74) is -1.78. The van der Waals surface area contributed by atoms with Crippen molar-refractivity contribution in [1.29, 1.82) is 5.26 Å². The van der Waals surface area contributed by atoms with Crippen molar-refractivity contribution in [3.63, 3.8) is 0 Å². The molecule has 1 aromatic heterocycles. The zero-order chi connectivity index (χ0) is 14.9. The summed E-state index contributed by atoms with van der Waals surface area (Å²) in [6.45, 7) is 0. The number of benzene rings is 1. The summed E-state index contributed by atoms with van der Waals surface area (Å²) >= 11 is 0. The molecule has 0 saturated carbocycles. The van der Waals surface area contributed by atoms with Crippen molar-refractivity contribution in [2.24, 2.45) is 0 Å². The molecule has 0 unspecified atom stereocenters. The molecular formula is C12H8F3N3O2. The Bertz CT molecular complexity index is 686. The van der Waals surface area contributed by atoms with Gasteiger partial charge in [0.15, 0.2) is 11.5 Å². The molecule has 1 N–H and O–H groups in total. The molecule has 0 aliphatic carbocycles. The summed E-state index contributed by atoms with van der Waals surface area (Å²) < 4.78 is 44.3.